The highest BCUT2D eigenvalue weighted by atomic mass is 19.2. The van der Waals surface area contributed by atoms with Crippen molar-refractivity contribution in [3.8, 4) is 0 Å². The Bertz CT molecular complexity index is 414. The molecule has 0 bridgehead atoms. The fourth-order valence-corrected chi connectivity index (χ4v) is 2.48. The molecule has 19 heavy (non-hydrogen) atoms. The highest BCUT2D eigenvalue weighted by Crippen LogP contribution is 2.15. The maximum absolute atomic E-state index is 13.1. The molecular formula is C14H19F3N2. The van der Waals surface area contributed by atoms with Crippen LogP contribution in [0.25, 0.3) is 0 Å². The molecule has 106 valence electrons. The van der Waals surface area contributed by atoms with E-state index in [1.54, 1.807) is 0 Å². The summed E-state index contributed by atoms with van der Waals surface area (Å²) < 4.78 is 39.0. The summed E-state index contributed by atoms with van der Waals surface area (Å²) in [5.74, 6) is -3.66. The lowest BCUT2D eigenvalue weighted by molar-refractivity contribution is 0.198. The zero-order valence-corrected chi connectivity index (χ0v) is 11.1. The van der Waals surface area contributed by atoms with Crippen molar-refractivity contribution in [3.05, 3.63) is 35.1 Å². The van der Waals surface area contributed by atoms with Crippen LogP contribution in [0.1, 0.15) is 25.3 Å². The Balaban J connectivity index is 1.91. The fraction of sp³-hybridized carbons (Fsp3) is 0.571. The molecule has 0 amide bonds. The minimum absolute atomic E-state index is 0.324. The molecule has 0 radical (unpaired) electrons. The summed E-state index contributed by atoms with van der Waals surface area (Å²) in [5.41, 5.74) is 0.435. The third-order valence-corrected chi connectivity index (χ3v) is 3.59. The standard InChI is InChI=1S/C14H19F3N2/c1-2-19-5-3-4-11(9-19)18-8-10-6-12(15)14(17)13(16)7-10/h6-7,11,18H,2-5,8-9H2,1H3. The highest BCUT2D eigenvalue weighted by molar-refractivity contribution is 5.19. The number of hydrogen-bond acceptors (Lipinski definition) is 2. The summed E-state index contributed by atoms with van der Waals surface area (Å²) in [4.78, 5) is 2.34. The lowest BCUT2D eigenvalue weighted by Gasteiger charge is -2.32. The zero-order valence-electron chi connectivity index (χ0n) is 11.1. The maximum Gasteiger partial charge on any atom is 0.194 e. The molecule has 1 saturated heterocycles. The van der Waals surface area contributed by atoms with Crippen LogP contribution in [0.2, 0.25) is 0 Å². The van der Waals surface area contributed by atoms with Crippen LogP contribution in [0, 0.1) is 17.5 Å². The van der Waals surface area contributed by atoms with E-state index in [-0.39, 0.29) is 0 Å². The molecule has 1 aliphatic heterocycles. The van der Waals surface area contributed by atoms with Gasteiger partial charge in [0.15, 0.2) is 17.5 Å². The second-order valence-corrected chi connectivity index (χ2v) is 4.99. The molecule has 1 heterocycles. The molecule has 0 aromatic heterocycles. The van der Waals surface area contributed by atoms with Gasteiger partial charge in [0.1, 0.15) is 0 Å². The summed E-state index contributed by atoms with van der Waals surface area (Å²) in [5, 5.41) is 3.28. The summed E-state index contributed by atoms with van der Waals surface area (Å²) in [6.45, 7) is 5.54. The number of benzene rings is 1. The first-order valence-corrected chi connectivity index (χ1v) is 6.69. The van der Waals surface area contributed by atoms with E-state index in [1.807, 2.05) is 0 Å². The predicted molar refractivity (Wildman–Crippen MR) is 68.3 cm³/mol. The Labute approximate surface area is 111 Å². The van der Waals surface area contributed by atoms with Crippen LogP contribution in [0.3, 0.4) is 0 Å². The number of nitrogens with zero attached hydrogens (tertiary/aromatic N) is 1. The van der Waals surface area contributed by atoms with Gasteiger partial charge in [-0.05, 0) is 43.6 Å². The average molecular weight is 272 g/mol. The van der Waals surface area contributed by atoms with Crippen LogP contribution in [0.4, 0.5) is 13.2 Å². The van der Waals surface area contributed by atoms with Crippen molar-refractivity contribution in [3.63, 3.8) is 0 Å². The molecule has 1 unspecified atom stereocenters. The highest BCUT2D eigenvalue weighted by Gasteiger charge is 2.18. The number of rotatable bonds is 4. The van der Waals surface area contributed by atoms with Gasteiger partial charge >= 0.3 is 0 Å². The third-order valence-electron chi connectivity index (χ3n) is 3.59. The van der Waals surface area contributed by atoms with Gasteiger partial charge in [0.05, 0.1) is 0 Å². The lowest BCUT2D eigenvalue weighted by atomic mass is 10.1. The van der Waals surface area contributed by atoms with Gasteiger partial charge in [-0.15, -0.1) is 0 Å². The number of likely N-dealkylation sites (N-methyl/N-ethyl adjacent to an activating group) is 1. The minimum Gasteiger partial charge on any atom is -0.309 e. The quantitative estimate of drug-likeness (QED) is 0.848. The van der Waals surface area contributed by atoms with Gasteiger partial charge in [0.25, 0.3) is 0 Å². The molecule has 1 aromatic rings. The molecule has 1 fully saturated rings. The first-order chi connectivity index (χ1) is 9.10. The monoisotopic (exact) mass is 272 g/mol. The van der Waals surface area contributed by atoms with Gasteiger partial charge in [-0.2, -0.15) is 0 Å². The van der Waals surface area contributed by atoms with Crippen LogP contribution >= 0.6 is 0 Å². The summed E-state index contributed by atoms with van der Waals surface area (Å²) in [6.07, 6.45) is 2.18. The fourth-order valence-electron chi connectivity index (χ4n) is 2.48. The van der Waals surface area contributed by atoms with Crippen molar-refractivity contribution in [2.75, 3.05) is 19.6 Å². The van der Waals surface area contributed by atoms with E-state index in [2.05, 4.69) is 17.1 Å². The molecule has 1 N–H and O–H groups in total. The Morgan fingerprint density at radius 1 is 1.26 bits per heavy atom. The third kappa shape index (κ3) is 3.70. The second-order valence-electron chi connectivity index (χ2n) is 4.99. The normalized spacial score (nSPS) is 20.7. The molecule has 1 aliphatic rings. The van der Waals surface area contributed by atoms with E-state index < -0.39 is 17.5 Å². The zero-order chi connectivity index (χ0) is 13.8. The second kappa shape index (κ2) is 6.39. The molecular weight excluding hydrogens is 253 g/mol. The molecule has 0 spiro atoms. The van der Waals surface area contributed by atoms with Crippen LogP contribution in [-0.4, -0.2) is 30.6 Å². The summed E-state index contributed by atoms with van der Waals surface area (Å²) >= 11 is 0. The number of halogens is 3. The van der Waals surface area contributed by atoms with E-state index in [1.165, 1.54) is 0 Å². The van der Waals surface area contributed by atoms with Crippen molar-refractivity contribution < 1.29 is 13.2 Å². The molecule has 1 aromatic carbocycles. The van der Waals surface area contributed by atoms with Crippen LogP contribution in [-0.2, 0) is 6.54 Å². The van der Waals surface area contributed by atoms with E-state index in [0.29, 0.717) is 18.2 Å². The topological polar surface area (TPSA) is 15.3 Å². The van der Waals surface area contributed by atoms with E-state index in [4.69, 9.17) is 0 Å². The van der Waals surface area contributed by atoms with Crippen molar-refractivity contribution in [2.45, 2.75) is 32.4 Å². The van der Waals surface area contributed by atoms with Gasteiger partial charge in [-0.25, -0.2) is 13.2 Å². The van der Waals surface area contributed by atoms with Crippen molar-refractivity contribution in [1.29, 1.82) is 0 Å². The van der Waals surface area contributed by atoms with Gasteiger partial charge in [-0.1, -0.05) is 6.92 Å². The lowest BCUT2D eigenvalue weighted by Crippen LogP contribution is -2.45. The maximum atomic E-state index is 13.1. The van der Waals surface area contributed by atoms with Crippen LogP contribution < -0.4 is 5.32 Å². The van der Waals surface area contributed by atoms with Crippen molar-refractivity contribution >= 4 is 0 Å². The van der Waals surface area contributed by atoms with Gasteiger partial charge in [0, 0.05) is 19.1 Å². The number of nitrogens with one attached hydrogen (secondary N) is 1. The SMILES string of the molecule is CCN1CCCC(NCc2cc(F)c(F)c(F)c2)C1. The molecule has 2 nitrogen and oxygen atoms in total. The van der Waals surface area contributed by atoms with Crippen LogP contribution in [0.15, 0.2) is 12.1 Å². The average Bonchev–Trinajstić information content (AvgIpc) is 2.42. The van der Waals surface area contributed by atoms with E-state index in [0.717, 1.165) is 44.6 Å². The molecule has 0 aliphatic carbocycles. The number of likely N-dealkylation sites (tertiary alicyclic amines) is 1. The van der Waals surface area contributed by atoms with Gasteiger partial charge < -0.3 is 10.2 Å². The number of piperidine rings is 1. The first-order valence-electron chi connectivity index (χ1n) is 6.69. The Morgan fingerprint density at radius 3 is 2.58 bits per heavy atom. The molecule has 1 atom stereocenters. The largest absolute Gasteiger partial charge is 0.309 e. The van der Waals surface area contributed by atoms with Gasteiger partial charge in [-0.3, -0.25) is 0 Å². The van der Waals surface area contributed by atoms with E-state index in [9.17, 15) is 13.2 Å². The number of hydrogen-bond donors (Lipinski definition) is 1. The predicted octanol–water partition coefficient (Wildman–Crippen LogP) is 2.68. The Kier molecular flexibility index (Phi) is 4.82. The van der Waals surface area contributed by atoms with E-state index >= 15 is 0 Å². The van der Waals surface area contributed by atoms with Gasteiger partial charge in [0.2, 0.25) is 0 Å². The first kappa shape index (κ1) is 14.3. The molecule has 2 rings (SSSR count). The Morgan fingerprint density at radius 2 is 1.95 bits per heavy atom. The van der Waals surface area contributed by atoms with Crippen LogP contribution in [0.5, 0.6) is 0 Å². The molecule has 5 heteroatoms. The molecule has 0 saturated carbocycles. The van der Waals surface area contributed by atoms with Crippen molar-refractivity contribution in [2.24, 2.45) is 0 Å². The Hall–Kier alpha value is -1.07. The summed E-state index contributed by atoms with van der Waals surface area (Å²) in [6, 6.07) is 2.42. The summed E-state index contributed by atoms with van der Waals surface area (Å²) in [7, 11) is 0. The minimum atomic E-state index is -1.40. The smallest absolute Gasteiger partial charge is 0.194 e. The van der Waals surface area contributed by atoms with Crippen molar-refractivity contribution in [1.82, 2.24) is 10.2 Å².